The largest absolute Gasteiger partial charge is 0.374 e. The minimum Gasteiger partial charge on any atom is -0.374 e. The number of hydrogen-bond donors (Lipinski definition) is 2. The smallest absolute Gasteiger partial charge is 0.0868 e. The highest BCUT2D eigenvalue weighted by Gasteiger charge is 2.25. The molecule has 1 heterocycles. The van der Waals surface area contributed by atoms with E-state index in [4.69, 9.17) is 10.6 Å². The molecule has 2 atom stereocenters. The number of nitrogens with two attached hydrogens (primary N) is 1. The van der Waals surface area contributed by atoms with E-state index in [1.807, 2.05) is 0 Å². The van der Waals surface area contributed by atoms with E-state index in [9.17, 15) is 0 Å². The molecule has 0 radical (unpaired) electrons. The van der Waals surface area contributed by atoms with Crippen LogP contribution >= 0.6 is 0 Å². The highest BCUT2D eigenvalue weighted by molar-refractivity contribution is 4.80. The molecule has 0 amide bonds. The number of morpholine rings is 1. The van der Waals surface area contributed by atoms with Crippen LogP contribution in [0.4, 0.5) is 0 Å². The molecule has 0 saturated carbocycles. The summed E-state index contributed by atoms with van der Waals surface area (Å²) in [7, 11) is 2.15. The van der Waals surface area contributed by atoms with Crippen molar-refractivity contribution in [2.24, 2.45) is 5.84 Å². The second-order valence-electron chi connectivity index (χ2n) is 6.21. The first kappa shape index (κ1) is 17.9. The lowest BCUT2D eigenvalue weighted by Gasteiger charge is -2.34. The van der Waals surface area contributed by atoms with Crippen LogP contribution in [0, 0.1) is 0 Å². The van der Waals surface area contributed by atoms with Crippen molar-refractivity contribution < 1.29 is 4.74 Å². The fourth-order valence-electron chi connectivity index (χ4n) is 2.93. The lowest BCUT2D eigenvalue weighted by Crippen LogP contribution is -2.53. The van der Waals surface area contributed by atoms with Gasteiger partial charge in [-0.3, -0.25) is 11.3 Å². The first-order chi connectivity index (χ1) is 9.77. The average Bonchev–Trinajstić information content (AvgIpc) is 2.46. The first-order valence-electron chi connectivity index (χ1n) is 8.54. The fraction of sp³-hybridized carbons (Fsp3) is 1.00. The van der Waals surface area contributed by atoms with Gasteiger partial charge in [0.15, 0.2) is 0 Å². The van der Waals surface area contributed by atoms with Crippen LogP contribution in [0.3, 0.4) is 0 Å². The number of likely N-dealkylation sites (N-methyl/N-ethyl adjacent to an activating group) is 1. The summed E-state index contributed by atoms with van der Waals surface area (Å²) in [4.78, 5) is 2.33. The van der Waals surface area contributed by atoms with E-state index in [0.29, 0.717) is 6.04 Å². The van der Waals surface area contributed by atoms with Gasteiger partial charge in [0.1, 0.15) is 0 Å². The van der Waals surface area contributed by atoms with Gasteiger partial charge in [0.2, 0.25) is 0 Å². The lowest BCUT2D eigenvalue weighted by atomic mass is 10.0. The van der Waals surface area contributed by atoms with Gasteiger partial charge in [0, 0.05) is 19.1 Å². The van der Waals surface area contributed by atoms with E-state index in [-0.39, 0.29) is 6.10 Å². The van der Waals surface area contributed by atoms with Crippen molar-refractivity contribution in [3.05, 3.63) is 0 Å². The van der Waals surface area contributed by atoms with Crippen LogP contribution < -0.4 is 11.3 Å². The Balaban J connectivity index is 2.03. The molecule has 1 saturated heterocycles. The summed E-state index contributed by atoms with van der Waals surface area (Å²) < 4.78 is 5.84. The molecule has 1 aliphatic heterocycles. The van der Waals surface area contributed by atoms with Crippen LogP contribution in [-0.4, -0.2) is 43.8 Å². The van der Waals surface area contributed by atoms with Crippen molar-refractivity contribution in [3.8, 4) is 0 Å². The number of hydrogen-bond acceptors (Lipinski definition) is 4. The summed E-state index contributed by atoms with van der Waals surface area (Å²) >= 11 is 0. The second-order valence-corrected chi connectivity index (χ2v) is 6.21. The van der Waals surface area contributed by atoms with Crippen molar-refractivity contribution in [2.45, 2.75) is 76.9 Å². The average molecular weight is 285 g/mol. The maximum atomic E-state index is 5.84. The monoisotopic (exact) mass is 285 g/mol. The maximum absolute atomic E-state index is 5.84. The van der Waals surface area contributed by atoms with E-state index in [0.717, 1.165) is 26.1 Å². The maximum Gasteiger partial charge on any atom is 0.0868 e. The number of nitrogens with one attached hydrogen (secondary N) is 1. The van der Waals surface area contributed by atoms with Crippen LogP contribution in [-0.2, 0) is 4.74 Å². The number of rotatable bonds is 11. The number of unbranched alkanes of at least 4 members (excludes halogenated alkanes) is 7. The standard InChI is InChI=1S/C16H35N3O/c1-3-4-5-6-7-8-9-10-11-15(18-17)16-14-19(2)12-13-20-16/h15-16,18H,3-14,17H2,1-2H3. The minimum absolute atomic E-state index is 0.253. The third-order valence-corrected chi connectivity index (χ3v) is 4.33. The van der Waals surface area contributed by atoms with Gasteiger partial charge in [-0.25, -0.2) is 0 Å². The van der Waals surface area contributed by atoms with Crippen molar-refractivity contribution in [1.29, 1.82) is 0 Å². The molecular weight excluding hydrogens is 250 g/mol. The molecule has 0 aromatic rings. The molecule has 0 aromatic heterocycles. The normalized spacial score (nSPS) is 22.1. The van der Waals surface area contributed by atoms with Crippen LogP contribution in [0.15, 0.2) is 0 Å². The quantitative estimate of drug-likeness (QED) is 0.348. The molecule has 120 valence electrons. The second kappa shape index (κ2) is 11.5. The molecule has 20 heavy (non-hydrogen) atoms. The molecule has 4 heteroatoms. The number of nitrogens with zero attached hydrogens (tertiary/aromatic N) is 1. The highest BCUT2D eigenvalue weighted by Crippen LogP contribution is 2.15. The van der Waals surface area contributed by atoms with Crippen molar-refractivity contribution >= 4 is 0 Å². The van der Waals surface area contributed by atoms with Gasteiger partial charge >= 0.3 is 0 Å². The Hall–Kier alpha value is -0.160. The third kappa shape index (κ3) is 7.58. The van der Waals surface area contributed by atoms with Gasteiger partial charge < -0.3 is 9.64 Å². The summed E-state index contributed by atoms with van der Waals surface area (Å²) in [5.74, 6) is 5.70. The molecule has 1 rings (SSSR count). The van der Waals surface area contributed by atoms with Crippen LogP contribution in [0.5, 0.6) is 0 Å². The summed E-state index contributed by atoms with van der Waals surface area (Å²) in [5, 5.41) is 0. The van der Waals surface area contributed by atoms with E-state index in [1.54, 1.807) is 0 Å². The van der Waals surface area contributed by atoms with E-state index in [2.05, 4.69) is 24.3 Å². The molecule has 0 spiro atoms. The van der Waals surface area contributed by atoms with E-state index in [1.165, 1.54) is 51.4 Å². The van der Waals surface area contributed by atoms with Gasteiger partial charge in [-0.1, -0.05) is 58.3 Å². The molecule has 2 unspecified atom stereocenters. The lowest BCUT2D eigenvalue weighted by molar-refractivity contribution is -0.0402. The molecular formula is C16H35N3O. The molecule has 1 fully saturated rings. The van der Waals surface area contributed by atoms with Crippen molar-refractivity contribution in [3.63, 3.8) is 0 Å². The van der Waals surface area contributed by atoms with Gasteiger partial charge in [0.05, 0.1) is 12.7 Å². The first-order valence-corrected chi connectivity index (χ1v) is 8.54. The Morgan fingerprint density at radius 2 is 1.80 bits per heavy atom. The zero-order valence-electron chi connectivity index (χ0n) is 13.6. The van der Waals surface area contributed by atoms with Crippen LogP contribution in [0.1, 0.15) is 64.7 Å². The topological polar surface area (TPSA) is 50.5 Å². The summed E-state index contributed by atoms with van der Waals surface area (Å²) in [6.07, 6.45) is 12.3. The van der Waals surface area contributed by atoms with Crippen molar-refractivity contribution in [2.75, 3.05) is 26.7 Å². The van der Waals surface area contributed by atoms with Crippen molar-refractivity contribution in [1.82, 2.24) is 10.3 Å². The zero-order chi connectivity index (χ0) is 14.6. The molecule has 3 N–H and O–H groups in total. The molecule has 0 aliphatic carbocycles. The SMILES string of the molecule is CCCCCCCCCCC(NN)C1CN(C)CCO1. The molecule has 0 bridgehead atoms. The Bertz CT molecular complexity index is 226. The van der Waals surface area contributed by atoms with Gasteiger partial charge in [-0.15, -0.1) is 0 Å². The zero-order valence-corrected chi connectivity index (χ0v) is 13.6. The Morgan fingerprint density at radius 3 is 2.40 bits per heavy atom. The predicted octanol–water partition coefficient (Wildman–Crippen LogP) is 2.68. The Labute approximate surface area is 125 Å². The minimum atomic E-state index is 0.253. The number of ether oxygens (including phenoxy) is 1. The van der Waals surface area contributed by atoms with Gasteiger partial charge in [-0.2, -0.15) is 0 Å². The fourth-order valence-corrected chi connectivity index (χ4v) is 2.93. The molecule has 1 aliphatic rings. The number of hydrazine groups is 1. The molecule has 4 nitrogen and oxygen atoms in total. The summed E-state index contributed by atoms with van der Waals surface area (Å²) in [6.45, 7) is 5.12. The van der Waals surface area contributed by atoms with Gasteiger partial charge in [-0.05, 0) is 13.5 Å². The third-order valence-electron chi connectivity index (χ3n) is 4.33. The molecule has 0 aromatic carbocycles. The van der Waals surface area contributed by atoms with Crippen LogP contribution in [0.2, 0.25) is 0 Å². The Morgan fingerprint density at radius 1 is 1.15 bits per heavy atom. The summed E-state index contributed by atoms with van der Waals surface area (Å²) in [5.41, 5.74) is 2.96. The van der Waals surface area contributed by atoms with E-state index >= 15 is 0 Å². The predicted molar refractivity (Wildman–Crippen MR) is 85.6 cm³/mol. The van der Waals surface area contributed by atoms with Gasteiger partial charge in [0.25, 0.3) is 0 Å². The Kier molecular flexibility index (Phi) is 10.3. The van der Waals surface area contributed by atoms with E-state index < -0.39 is 0 Å². The highest BCUT2D eigenvalue weighted by atomic mass is 16.5. The van der Waals surface area contributed by atoms with Crippen LogP contribution in [0.25, 0.3) is 0 Å². The summed E-state index contributed by atoms with van der Waals surface area (Å²) in [6, 6.07) is 0.304.